The van der Waals surface area contributed by atoms with Crippen molar-refractivity contribution in [2.45, 2.75) is 44.7 Å². The molecule has 5 N–H and O–H groups in total. The quantitative estimate of drug-likeness (QED) is 0.462. The number of aryl methyl sites for hydroxylation is 1. The van der Waals surface area contributed by atoms with Crippen LogP contribution in [0.3, 0.4) is 0 Å². The first-order chi connectivity index (χ1) is 17.3. The number of nitrogens with two attached hydrogens (primary N) is 2. The second kappa shape index (κ2) is 11.8. The molecule has 194 valence electrons. The Morgan fingerprint density at radius 2 is 1.86 bits per heavy atom. The lowest BCUT2D eigenvalue weighted by Gasteiger charge is -2.34. The van der Waals surface area contributed by atoms with Gasteiger partial charge in [-0.2, -0.15) is 4.37 Å². The number of benzene rings is 1. The summed E-state index contributed by atoms with van der Waals surface area (Å²) in [5, 5.41) is 3.17. The Balaban J connectivity index is 1.69. The molecule has 0 spiro atoms. The predicted octanol–water partition coefficient (Wildman–Crippen LogP) is 1.71. The summed E-state index contributed by atoms with van der Waals surface area (Å²) in [5.41, 5.74) is 13.1. The van der Waals surface area contributed by atoms with Crippen molar-refractivity contribution in [2.75, 3.05) is 45.1 Å². The topological polar surface area (TPSA) is 144 Å². The summed E-state index contributed by atoms with van der Waals surface area (Å²) in [5.74, 6) is -1.46. The lowest BCUT2D eigenvalue weighted by atomic mass is 10.0. The van der Waals surface area contributed by atoms with Crippen LogP contribution in [-0.2, 0) is 9.53 Å². The van der Waals surface area contributed by atoms with Crippen LogP contribution in [0.5, 0.6) is 0 Å². The molecule has 2 aliphatic rings. The van der Waals surface area contributed by atoms with E-state index in [1.54, 1.807) is 4.90 Å². The van der Waals surface area contributed by atoms with E-state index in [0.717, 1.165) is 55.9 Å². The van der Waals surface area contributed by atoms with Crippen molar-refractivity contribution in [3.63, 3.8) is 0 Å². The highest BCUT2D eigenvalue weighted by atomic mass is 32.1. The Morgan fingerprint density at radius 1 is 1.19 bits per heavy atom. The van der Waals surface area contributed by atoms with E-state index >= 15 is 0 Å². The molecule has 11 heteroatoms. The molecular weight excluding hydrogens is 480 g/mol. The van der Waals surface area contributed by atoms with Gasteiger partial charge >= 0.3 is 0 Å². The number of nitrogens with one attached hydrogen (secondary N) is 1. The number of carbonyl (C=O) groups is 3. The number of carbonyl (C=O) groups excluding carboxylic acids is 3. The molecule has 10 nitrogen and oxygen atoms in total. The van der Waals surface area contributed by atoms with Crippen molar-refractivity contribution in [3.05, 3.63) is 46.0 Å². The maximum Gasteiger partial charge on any atom is 0.270 e. The molecule has 1 saturated heterocycles. The van der Waals surface area contributed by atoms with E-state index in [1.165, 1.54) is 0 Å². The SMILES string of the molecule is Cc1ccc([C@@H](C(=O)NC2CCCC2)N(CCN2CCOCC2)C(=O)c2snc(C(N)=O)c2N)cc1. The third-order valence-electron chi connectivity index (χ3n) is 6.83. The Morgan fingerprint density at radius 3 is 2.47 bits per heavy atom. The average Bonchev–Trinajstić information content (AvgIpc) is 3.52. The van der Waals surface area contributed by atoms with Crippen LogP contribution in [-0.4, -0.2) is 77.3 Å². The summed E-state index contributed by atoms with van der Waals surface area (Å²) in [6, 6.07) is 6.86. The highest BCUT2D eigenvalue weighted by molar-refractivity contribution is 7.09. The summed E-state index contributed by atoms with van der Waals surface area (Å²) in [6.07, 6.45) is 4.01. The maximum absolute atomic E-state index is 13.9. The number of nitrogens with zero attached hydrogens (tertiary/aromatic N) is 3. The standard InChI is InChI=1S/C25H34N6O4S/c1-16-6-8-17(9-7-16)21(24(33)28-18-4-2-3-5-18)31(11-10-30-12-14-35-15-13-30)25(34)22-19(26)20(23(27)32)29-36-22/h6-9,18,21H,2-5,10-15,26H2,1H3,(H2,27,32)(H,28,33)/t21-/m0/s1. The second-order valence-electron chi connectivity index (χ2n) is 9.39. The van der Waals surface area contributed by atoms with Gasteiger partial charge in [0.1, 0.15) is 10.9 Å². The van der Waals surface area contributed by atoms with Gasteiger partial charge in [-0.15, -0.1) is 0 Å². The molecule has 4 rings (SSSR count). The Labute approximate surface area is 215 Å². The average molecular weight is 515 g/mol. The third kappa shape index (κ3) is 6.03. The molecule has 0 unspecified atom stereocenters. The first-order valence-electron chi connectivity index (χ1n) is 12.4. The lowest BCUT2D eigenvalue weighted by Crippen LogP contribution is -2.49. The van der Waals surface area contributed by atoms with E-state index in [-0.39, 0.29) is 28.2 Å². The Bertz CT molecular complexity index is 1080. The molecule has 1 aliphatic heterocycles. The zero-order valence-corrected chi connectivity index (χ0v) is 21.4. The van der Waals surface area contributed by atoms with Crippen molar-refractivity contribution >= 4 is 34.9 Å². The van der Waals surface area contributed by atoms with Crippen LogP contribution >= 0.6 is 11.5 Å². The predicted molar refractivity (Wildman–Crippen MR) is 138 cm³/mol. The highest BCUT2D eigenvalue weighted by Gasteiger charge is 2.36. The Hall–Kier alpha value is -3.02. The molecular formula is C25H34N6O4S. The van der Waals surface area contributed by atoms with Gasteiger partial charge in [0.2, 0.25) is 5.91 Å². The zero-order chi connectivity index (χ0) is 25.7. The van der Waals surface area contributed by atoms with Crippen LogP contribution in [0.2, 0.25) is 0 Å². The van der Waals surface area contributed by atoms with Crippen molar-refractivity contribution in [3.8, 4) is 0 Å². The van der Waals surface area contributed by atoms with Crippen LogP contribution in [0.15, 0.2) is 24.3 Å². The summed E-state index contributed by atoms with van der Waals surface area (Å²) in [7, 11) is 0. The first kappa shape index (κ1) is 26.1. The lowest BCUT2D eigenvalue weighted by molar-refractivity contribution is -0.126. The van der Waals surface area contributed by atoms with Gasteiger partial charge in [-0.1, -0.05) is 42.7 Å². The van der Waals surface area contributed by atoms with Gasteiger partial charge in [-0.25, -0.2) is 0 Å². The van der Waals surface area contributed by atoms with E-state index in [0.29, 0.717) is 31.9 Å². The molecule has 2 heterocycles. The normalized spacial score (nSPS) is 17.6. The Kier molecular flexibility index (Phi) is 8.55. The molecule has 36 heavy (non-hydrogen) atoms. The highest BCUT2D eigenvalue weighted by Crippen LogP contribution is 2.30. The van der Waals surface area contributed by atoms with E-state index in [2.05, 4.69) is 14.6 Å². The molecule has 2 fully saturated rings. The van der Waals surface area contributed by atoms with Crippen LogP contribution in [0.1, 0.15) is 63.0 Å². The fraction of sp³-hybridized carbons (Fsp3) is 0.520. The van der Waals surface area contributed by atoms with E-state index in [4.69, 9.17) is 16.2 Å². The number of primary amides is 1. The molecule has 0 radical (unpaired) electrons. The minimum absolute atomic E-state index is 0.0484. The molecule has 1 aromatic heterocycles. The largest absolute Gasteiger partial charge is 0.395 e. The number of ether oxygens (including phenoxy) is 1. The van der Waals surface area contributed by atoms with Gasteiger partial charge in [0.05, 0.1) is 18.9 Å². The summed E-state index contributed by atoms with van der Waals surface area (Å²) >= 11 is 0.830. The van der Waals surface area contributed by atoms with Gasteiger partial charge in [0.15, 0.2) is 5.69 Å². The molecule has 2 aromatic rings. The zero-order valence-electron chi connectivity index (χ0n) is 20.6. The number of aromatic nitrogens is 1. The third-order valence-corrected chi connectivity index (χ3v) is 7.68. The van der Waals surface area contributed by atoms with Crippen LogP contribution in [0.4, 0.5) is 5.69 Å². The smallest absolute Gasteiger partial charge is 0.270 e. The number of nitrogen functional groups attached to an aromatic ring is 1. The van der Waals surface area contributed by atoms with Crippen molar-refractivity contribution in [1.82, 2.24) is 19.5 Å². The van der Waals surface area contributed by atoms with Crippen LogP contribution < -0.4 is 16.8 Å². The molecule has 1 atom stereocenters. The van der Waals surface area contributed by atoms with Gasteiger partial charge < -0.3 is 26.4 Å². The van der Waals surface area contributed by atoms with Crippen molar-refractivity contribution < 1.29 is 19.1 Å². The fourth-order valence-electron chi connectivity index (χ4n) is 4.75. The molecule has 0 bridgehead atoms. The van der Waals surface area contributed by atoms with E-state index in [9.17, 15) is 14.4 Å². The molecule has 1 saturated carbocycles. The number of amides is 3. The van der Waals surface area contributed by atoms with E-state index < -0.39 is 17.9 Å². The van der Waals surface area contributed by atoms with Gasteiger partial charge in [0.25, 0.3) is 11.8 Å². The number of hydrogen-bond acceptors (Lipinski definition) is 8. The van der Waals surface area contributed by atoms with Crippen LogP contribution in [0, 0.1) is 6.92 Å². The molecule has 3 amide bonds. The number of morpholine rings is 1. The number of anilines is 1. The van der Waals surface area contributed by atoms with Crippen molar-refractivity contribution in [2.24, 2.45) is 5.73 Å². The summed E-state index contributed by atoms with van der Waals surface area (Å²) < 4.78 is 9.46. The minimum atomic E-state index is -0.863. The summed E-state index contributed by atoms with van der Waals surface area (Å²) in [6.45, 7) is 5.58. The molecule has 1 aliphatic carbocycles. The van der Waals surface area contributed by atoms with Gasteiger partial charge in [-0.05, 0) is 36.9 Å². The monoisotopic (exact) mass is 514 g/mol. The summed E-state index contributed by atoms with van der Waals surface area (Å²) in [4.78, 5) is 43.3. The number of rotatable bonds is 9. The van der Waals surface area contributed by atoms with Gasteiger partial charge in [0, 0.05) is 32.2 Å². The minimum Gasteiger partial charge on any atom is -0.395 e. The van der Waals surface area contributed by atoms with Gasteiger partial charge in [-0.3, -0.25) is 19.3 Å². The molecule has 1 aromatic carbocycles. The van der Waals surface area contributed by atoms with Crippen molar-refractivity contribution in [1.29, 1.82) is 0 Å². The fourth-order valence-corrected chi connectivity index (χ4v) is 5.51. The number of hydrogen-bond donors (Lipinski definition) is 3. The maximum atomic E-state index is 13.9. The van der Waals surface area contributed by atoms with E-state index in [1.807, 2.05) is 31.2 Å². The second-order valence-corrected chi connectivity index (χ2v) is 10.2. The first-order valence-corrected chi connectivity index (χ1v) is 13.2. The van der Waals surface area contributed by atoms with Crippen LogP contribution in [0.25, 0.3) is 0 Å².